The highest BCUT2D eigenvalue weighted by molar-refractivity contribution is 4.77. The predicted molar refractivity (Wildman–Crippen MR) is 71.7 cm³/mol. The van der Waals surface area contributed by atoms with Gasteiger partial charge >= 0.3 is 0 Å². The van der Waals surface area contributed by atoms with E-state index in [9.17, 15) is 0 Å². The molecule has 0 aliphatic carbocycles. The molecule has 0 saturated heterocycles. The third-order valence-corrected chi connectivity index (χ3v) is 3.44. The molecule has 2 nitrogen and oxygen atoms in total. The van der Waals surface area contributed by atoms with E-state index >= 15 is 0 Å². The number of nitrogens with one attached hydrogen (secondary N) is 1. The molecule has 0 bridgehead atoms. The standard InChI is InChI=1S/C14H31NO/c1-5-7-8-13(6-2)9-11-15-14(3,4)10-12-16/h13,15-16H,5-12H2,1-4H3. The lowest BCUT2D eigenvalue weighted by Crippen LogP contribution is -2.41. The van der Waals surface area contributed by atoms with Crippen LogP contribution in [0.3, 0.4) is 0 Å². The monoisotopic (exact) mass is 229 g/mol. The highest BCUT2D eigenvalue weighted by Gasteiger charge is 2.16. The summed E-state index contributed by atoms with van der Waals surface area (Å²) in [6, 6.07) is 0. The second kappa shape index (κ2) is 9.00. The Morgan fingerprint density at radius 1 is 1.19 bits per heavy atom. The maximum atomic E-state index is 8.93. The van der Waals surface area contributed by atoms with Crippen molar-refractivity contribution in [2.75, 3.05) is 13.2 Å². The Balaban J connectivity index is 3.68. The lowest BCUT2D eigenvalue weighted by molar-refractivity contribution is 0.227. The molecule has 1 unspecified atom stereocenters. The summed E-state index contributed by atoms with van der Waals surface area (Å²) in [7, 11) is 0. The third-order valence-electron chi connectivity index (χ3n) is 3.44. The summed E-state index contributed by atoms with van der Waals surface area (Å²) in [5.41, 5.74) is 0.0811. The molecule has 98 valence electrons. The van der Waals surface area contributed by atoms with Gasteiger partial charge in [0.05, 0.1) is 0 Å². The molecule has 0 aliphatic heterocycles. The van der Waals surface area contributed by atoms with Gasteiger partial charge in [0.1, 0.15) is 0 Å². The largest absolute Gasteiger partial charge is 0.396 e. The lowest BCUT2D eigenvalue weighted by atomic mass is 9.94. The molecule has 0 radical (unpaired) electrons. The topological polar surface area (TPSA) is 32.3 Å². The molecule has 0 saturated carbocycles. The summed E-state index contributed by atoms with van der Waals surface area (Å²) in [6.07, 6.45) is 7.43. The molecule has 1 atom stereocenters. The summed E-state index contributed by atoms with van der Waals surface area (Å²) >= 11 is 0. The van der Waals surface area contributed by atoms with Gasteiger partial charge in [-0.05, 0) is 39.2 Å². The maximum Gasteiger partial charge on any atom is 0.0448 e. The molecule has 0 aliphatic rings. The zero-order valence-electron chi connectivity index (χ0n) is 11.7. The van der Waals surface area contributed by atoms with Gasteiger partial charge in [-0.2, -0.15) is 0 Å². The van der Waals surface area contributed by atoms with E-state index in [0.717, 1.165) is 18.9 Å². The average molecular weight is 229 g/mol. The Hall–Kier alpha value is -0.0800. The Morgan fingerprint density at radius 3 is 2.38 bits per heavy atom. The van der Waals surface area contributed by atoms with E-state index in [1.165, 1.54) is 32.1 Å². The first-order valence-electron chi connectivity index (χ1n) is 6.91. The summed E-state index contributed by atoms with van der Waals surface area (Å²) in [5, 5.41) is 12.5. The second-order valence-electron chi connectivity index (χ2n) is 5.49. The Labute approximate surface area is 102 Å². The number of aliphatic hydroxyl groups is 1. The van der Waals surface area contributed by atoms with Gasteiger partial charge in [0.15, 0.2) is 0 Å². The molecular formula is C14H31NO. The minimum Gasteiger partial charge on any atom is -0.396 e. The van der Waals surface area contributed by atoms with Crippen molar-refractivity contribution in [3.63, 3.8) is 0 Å². The Bertz CT molecular complexity index is 157. The predicted octanol–water partition coefficient (Wildman–Crippen LogP) is 3.34. The minimum atomic E-state index is 0.0811. The van der Waals surface area contributed by atoms with Gasteiger partial charge in [-0.3, -0.25) is 0 Å². The molecule has 0 heterocycles. The van der Waals surface area contributed by atoms with Crippen molar-refractivity contribution in [1.29, 1.82) is 0 Å². The van der Waals surface area contributed by atoms with E-state index < -0.39 is 0 Å². The van der Waals surface area contributed by atoms with Crippen molar-refractivity contribution < 1.29 is 5.11 Å². The van der Waals surface area contributed by atoms with Crippen molar-refractivity contribution >= 4 is 0 Å². The Kier molecular flexibility index (Phi) is 8.96. The number of aliphatic hydroxyl groups excluding tert-OH is 1. The molecule has 0 amide bonds. The number of hydrogen-bond acceptors (Lipinski definition) is 2. The molecule has 0 fully saturated rings. The van der Waals surface area contributed by atoms with Crippen LogP contribution in [0.1, 0.15) is 66.2 Å². The molecule has 0 aromatic heterocycles. The van der Waals surface area contributed by atoms with Gasteiger partial charge in [-0.25, -0.2) is 0 Å². The van der Waals surface area contributed by atoms with Gasteiger partial charge < -0.3 is 10.4 Å². The average Bonchev–Trinajstić information content (AvgIpc) is 2.22. The summed E-state index contributed by atoms with van der Waals surface area (Å²) in [5.74, 6) is 0.873. The lowest BCUT2D eigenvalue weighted by Gasteiger charge is -2.26. The van der Waals surface area contributed by atoms with Crippen LogP contribution in [0.5, 0.6) is 0 Å². The van der Waals surface area contributed by atoms with Crippen LogP contribution in [0.25, 0.3) is 0 Å². The van der Waals surface area contributed by atoms with Gasteiger partial charge in [0.25, 0.3) is 0 Å². The third kappa shape index (κ3) is 8.12. The quantitative estimate of drug-likeness (QED) is 0.602. The molecule has 0 aromatic rings. The van der Waals surface area contributed by atoms with Gasteiger partial charge in [0.2, 0.25) is 0 Å². The highest BCUT2D eigenvalue weighted by Crippen LogP contribution is 2.16. The van der Waals surface area contributed by atoms with E-state index in [-0.39, 0.29) is 12.1 Å². The summed E-state index contributed by atoms with van der Waals surface area (Å²) in [4.78, 5) is 0. The molecular weight excluding hydrogens is 198 g/mol. The van der Waals surface area contributed by atoms with E-state index in [0.29, 0.717) is 0 Å². The first-order chi connectivity index (χ1) is 7.55. The first-order valence-corrected chi connectivity index (χ1v) is 6.91. The van der Waals surface area contributed by atoms with Crippen molar-refractivity contribution in [2.45, 2.75) is 71.8 Å². The minimum absolute atomic E-state index is 0.0811. The maximum absolute atomic E-state index is 8.93. The SMILES string of the molecule is CCCCC(CC)CCNC(C)(C)CCO. The fourth-order valence-corrected chi connectivity index (χ4v) is 2.03. The first kappa shape index (κ1) is 15.9. The second-order valence-corrected chi connectivity index (χ2v) is 5.49. The van der Waals surface area contributed by atoms with E-state index in [1.807, 2.05) is 0 Å². The van der Waals surface area contributed by atoms with E-state index in [1.54, 1.807) is 0 Å². The zero-order chi connectivity index (χ0) is 12.4. The van der Waals surface area contributed by atoms with Crippen molar-refractivity contribution in [3.8, 4) is 0 Å². The van der Waals surface area contributed by atoms with Crippen molar-refractivity contribution in [1.82, 2.24) is 5.32 Å². The number of unbranched alkanes of at least 4 members (excludes halogenated alkanes) is 1. The summed E-state index contributed by atoms with van der Waals surface area (Å²) < 4.78 is 0. The van der Waals surface area contributed by atoms with Crippen LogP contribution < -0.4 is 5.32 Å². The number of rotatable bonds is 10. The fourth-order valence-electron chi connectivity index (χ4n) is 2.03. The highest BCUT2D eigenvalue weighted by atomic mass is 16.3. The Morgan fingerprint density at radius 2 is 1.88 bits per heavy atom. The number of hydrogen-bond donors (Lipinski definition) is 2. The van der Waals surface area contributed by atoms with Gasteiger partial charge in [-0.1, -0.05) is 39.5 Å². The smallest absolute Gasteiger partial charge is 0.0448 e. The van der Waals surface area contributed by atoms with Crippen LogP contribution in [0.4, 0.5) is 0 Å². The van der Waals surface area contributed by atoms with Gasteiger partial charge in [0, 0.05) is 12.1 Å². The fraction of sp³-hybridized carbons (Fsp3) is 1.00. The van der Waals surface area contributed by atoms with Crippen LogP contribution in [0.15, 0.2) is 0 Å². The molecule has 2 heteroatoms. The van der Waals surface area contributed by atoms with Crippen LogP contribution in [-0.4, -0.2) is 23.8 Å². The molecule has 2 N–H and O–H groups in total. The van der Waals surface area contributed by atoms with Crippen LogP contribution >= 0.6 is 0 Å². The van der Waals surface area contributed by atoms with Crippen molar-refractivity contribution in [2.24, 2.45) is 5.92 Å². The van der Waals surface area contributed by atoms with Crippen molar-refractivity contribution in [3.05, 3.63) is 0 Å². The molecule has 0 aromatic carbocycles. The zero-order valence-corrected chi connectivity index (χ0v) is 11.7. The van der Waals surface area contributed by atoms with E-state index in [4.69, 9.17) is 5.11 Å². The van der Waals surface area contributed by atoms with Crippen LogP contribution in [0, 0.1) is 5.92 Å². The van der Waals surface area contributed by atoms with Crippen LogP contribution in [-0.2, 0) is 0 Å². The normalized spacial score (nSPS) is 14.1. The molecule has 0 spiro atoms. The molecule has 0 rings (SSSR count). The molecule has 16 heavy (non-hydrogen) atoms. The summed E-state index contributed by atoms with van der Waals surface area (Å²) in [6.45, 7) is 10.2. The van der Waals surface area contributed by atoms with Gasteiger partial charge in [-0.15, -0.1) is 0 Å². The van der Waals surface area contributed by atoms with Crippen LogP contribution in [0.2, 0.25) is 0 Å². The van der Waals surface area contributed by atoms with E-state index in [2.05, 4.69) is 33.0 Å².